The second kappa shape index (κ2) is 9.40. The van der Waals surface area contributed by atoms with E-state index in [1.165, 1.54) is 66.8 Å². The van der Waals surface area contributed by atoms with Crippen LogP contribution >= 0.6 is 0 Å². The third-order valence-corrected chi connectivity index (χ3v) is 7.18. The second-order valence-electron chi connectivity index (χ2n) is 9.71. The zero-order valence-electron chi connectivity index (χ0n) is 21.0. The highest BCUT2D eigenvalue weighted by Crippen LogP contribution is 2.23. The molecule has 0 bridgehead atoms. The maximum Gasteiger partial charge on any atom is 0.0241 e. The predicted octanol–water partition coefficient (Wildman–Crippen LogP) is 7.66. The van der Waals surface area contributed by atoms with Crippen LogP contribution in [-0.4, -0.2) is 4.90 Å². The van der Waals surface area contributed by atoms with Gasteiger partial charge in [0.1, 0.15) is 0 Å². The van der Waals surface area contributed by atoms with Gasteiger partial charge in [0.15, 0.2) is 0 Å². The summed E-state index contributed by atoms with van der Waals surface area (Å²) in [7, 11) is 0. The van der Waals surface area contributed by atoms with Crippen LogP contribution < -0.4 is 0 Å². The lowest BCUT2D eigenvalue weighted by molar-refractivity contribution is 0.247. The molecule has 0 amide bonds. The van der Waals surface area contributed by atoms with Crippen molar-refractivity contribution >= 4 is 0 Å². The summed E-state index contributed by atoms with van der Waals surface area (Å²) in [6.07, 6.45) is 0. The van der Waals surface area contributed by atoms with Crippen LogP contribution in [-0.2, 0) is 19.6 Å². The Morgan fingerprint density at radius 1 is 0.387 bits per heavy atom. The Balaban J connectivity index is 1.95. The Bertz CT molecular complexity index is 893. The zero-order valence-corrected chi connectivity index (χ0v) is 21.0. The van der Waals surface area contributed by atoms with Crippen molar-refractivity contribution in [2.75, 3.05) is 0 Å². The molecular formula is C30H39N. The van der Waals surface area contributed by atoms with Gasteiger partial charge in [-0.3, -0.25) is 4.90 Å². The standard InChI is InChI=1S/C30H39N/c1-19-10-28(11-20(2)25(19)7)16-31(17-29-12-21(3)26(8)22(4)13-29)18-30-14-23(5)27(9)24(6)15-30/h10-15H,16-18H2,1-9H3. The molecule has 0 fully saturated rings. The minimum atomic E-state index is 0.958. The predicted molar refractivity (Wildman–Crippen MR) is 135 cm³/mol. The first-order valence-electron chi connectivity index (χ1n) is 11.5. The number of aryl methyl sites for hydroxylation is 6. The molecule has 0 aliphatic rings. The minimum absolute atomic E-state index is 0.958. The van der Waals surface area contributed by atoms with Gasteiger partial charge >= 0.3 is 0 Å². The zero-order chi connectivity index (χ0) is 22.9. The van der Waals surface area contributed by atoms with Crippen LogP contribution in [0.5, 0.6) is 0 Å². The summed E-state index contributed by atoms with van der Waals surface area (Å²) in [6, 6.07) is 14.2. The van der Waals surface area contributed by atoms with Crippen molar-refractivity contribution < 1.29 is 0 Å². The van der Waals surface area contributed by atoms with Crippen LogP contribution in [0, 0.1) is 62.3 Å². The van der Waals surface area contributed by atoms with Crippen LogP contribution in [0.4, 0.5) is 0 Å². The van der Waals surface area contributed by atoms with Gasteiger partial charge in [0.05, 0.1) is 0 Å². The second-order valence-corrected chi connectivity index (χ2v) is 9.71. The molecular weight excluding hydrogens is 374 g/mol. The molecule has 3 aromatic rings. The van der Waals surface area contributed by atoms with Crippen molar-refractivity contribution in [3.8, 4) is 0 Å². The quantitative estimate of drug-likeness (QED) is 0.401. The molecule has 164 valence electrons. The first-order valence-corrected chi connectivity index (χ1v) is 11.5. The third-order valence-electron chi connectivity index (χ3n) is 7.18. The average molecular weight is 414 g/mol. The van der Waals surface area contributed by atoms with Gasteiger partial charge in [-0.1, -0.05) is 36.4 Å². The van der Waals surface area contributed by atoms with E-state index in [1.54, 1.807) is 0 Å². The molecule has 0 aromatic heterocycles. The van der Waals surface area contributed by atoms with Crippen LogP contribution in [0.15, 0.2) is 36.4 Å². The van der Waals surface area contributed by atoms with E-state index < -0.39 is 0 Å². The van der Waals surface area contributed by atoms with Crippen LogP contribution in [0.1, 0.15) is 66.8 Å². The summed E-state index contributed by atoms with van der Waals surface area (Å²) in [5.74, 6) is 0. The van der Waals surface area contributed by atoms with Crippen molar-refractivity contribution in [2.45, 2.75) is 81.9 Å². The molecule has 0 unspecified atom stereocenters. The Labute approximate surface area is 190 Å². The van der Waals surface area contributed by atoms with Crippen molar-refractivity contribution in [3.05, 3.63) is 103 Å². The van der Waals surface area contributed by atoms with Crippen LogP contribution in [0.2, 0.25) is 0 Å². The average Bonchev–Trinajstić information content (AvgIpc) is 2.68. The molecule has 3 rings (SSSR count). The maximum absolute atomic E-state index is 2.59. The van der Waals surface area contributed by atoms with E-state index in [0.29, 0.717) is 0 Å². The van der Waals surface area contributed by atoms with Crippen molar-refractivity contribution in [1.29, 1.82) is 0 Å². The Kier molecular flexibility index (Phi) is 7.06. The molecule has 0 atom stereocenters. The fourth-order valence-electron chi connectivity index (χ4n) is 4.59. The molecule has 0 saturated heterocycles. The van der Waals surface area contributed by atoms with Gasteiger partial charge in [0, 0.05) is 19.6 Å². The summed E-state index contributed by atoms with van der Waals surface area (Å²) in [5, 5.41) is 0. The fourth-order valence-corrected chi connectivity index (χ4v) is 4.59. The molecule has 3 aromatic carbocycles. The Morgan fingerprint density at radius 3 is 0.774 bits per heavy atom. The first kappa shape index (κ1) is 23.3. The highest BCUT2D eigenvalue weighted by Gasteiger charge is 2.13. The SMILES string of the molecule is Cc1cc(CN(Cc2cc(C)c(C)c(C)c2)Cc2cc(C)c(C)c(C)c2)cc(C)c1C. The molecule has 0 heterocycles. The van der Waals surface area contributed by atoms with Gasteiger partial charge < -0.3 is 0 Å². The molecule has 1 heteroatoms. The van der Waals surface area contributed by atoms with Gasteiger partial charge in [0.2, 0.25) is 0 Å². The van der Waals surface area contributed by atoms with E-state index in [9.17, 15) is 0 Å². The molecule has 0 spiro atoms. The molecule has 0 aliphatic heterocycles. The maximum atomic E-state index is 2.59. The summed E-state index contributed by atoms with van der Waals surface area (Å²) in [5.41, 5.74) is 16.8. The molecule has 0 N–H and O–H groups in total. The van der Waals surface area contributed by atoms with Gasteiger partial charge in [-0.15, -0.1) is 0 Å². The lowest BCUT2D eigenvalue weighted by atomic mass is 9.98. The Morgan fingerprint density at radius 2 is 0.581 bits per heavy atom. The van der Waals surface area contributed by atoms with E-state index in [-0.39, 0.29) is 0 Å². The number of hydrogen-bond donors (Lipinski definition) is 0. The molecule has 31 heavy (non-hydrogen) atoms. The normalized spacial score (nSPS) is 11.4. The van der Waals surface area contributed by atoms with E-state index in [4.69, 9.17) is 0 Å². The minimum Gasteiger partial charge on any atom is -0.291 e. The van der Waals surface area contributed by atoms with Crippen molar-refractivity contribution in [3.63, 3.8) is 0 Å². The molecule has 0 saturated carbocycles. The van der Waals surface area contributed by atoms with E-state index in [2.05, 4.69) is 104 Å². The van der Waals surface area contributed by atoms with Gasteiger partial charge in [-0.25, -0.2) is 0 Å². The number of benzene rings is 3. The summed E-state index contributed by atoms with van der Waals surface area (Å²) in [6.45, 7) is 22.9. The van der Waals surface area contributed by atoms with E-state index >= 15 is 0 Å². The highest BCUT2D eigenvalue weighted by molar-refractivity contribution is 5.39. The van der Waals surface area contributed by atoms with Crippen molar-refractivity contribution in [2.24, 2.45) is 0 Å². The summed E-state index contributed by atoms with van der Waals surface area (Å²) < 4.78 is 0. The van der Waals surface area contributed by atoms with Gasteiger partial charge in [0.25, 0.3) is 0 Å². The van der Waals surface area contributed by atoms with Crippen LogP contribution in [0.25, 0.3) is 0 Å². The van der Waals surface area contributed by atoms with Gasteiger partial charge in [-0.2, -0.15) is 0 Å². The molecule has 0 radical (unpaired) electrons. The topological polar surface area (TPSA) is 3.24 Å². The van der Waals surface area contributed by atoms with E-state index in [1.807, 2.05) is 0 Å². The lowest BCUT2D eigenvalue weighted by Gasteiger charge is -2.25. The van der Waals surface area contributed by atoms with Gasteiger partial charge in [-0.05, 0) is 129 Å². The highest BCUT2D eigenvalue weighted by atomic mass is 15.1. The van der Waals surface area contributed by atoms with Crippen molar-refractivity contribution in [1.82, 2.24) is 4.90 Å². The monoisotopic (exact) mass is 413 g/mol. The number of hydrogen-bond acceptors (Lipinski definition) is 1. The van der Waals surface area contributed by atoms with Crippen LogP contribution in [0.3, 0.4) is 0 Å². The summed E-state index contributed by atoms with van der Waals surface area (Å²) in [4.78, 5) is 2.59. The summed E-state index contributed by atoms with van der Waals surface area (Å²) >= 11 is 0. The third kappa shape index (κ3) is 5.46. The number of rotatable bonds is 6. The molecule has 0 aliphatic carbocycles. The fraction of sp³-hybridized carbons (Fsp3) is 0.400. The lowest BCUT2D eigenvalue weighted by Crippen LogP contribution is -2.23. The largest absolute Gasteiger partial charge is 0.291 e. The number of nitrogens with zero attached hydrogens (tertiary/aromatic N) is 1. The smallest absolute Gasteiger partial charge is 0.0241 e. The Hall–Kier alpha value is -2.38. The van der Waals surface area contributed by atoms with E-state index in [0.717, 1.165) is 19.6 Å². The first-order chi connectivity index (χ1) is 14.5. The molecule has 1 nitrogen and oxygen atoms in total.